The van der Waals surface area contributed by atoms with Gasteiger partial charge in [-0.1, -0.05) is 19.3 Å². The zero-order valence-electron chi connectivity index (χ0n) is 11.6. The second kappa shape index (κ2) is 6.75. The molecule has 2 N–H and O–H groups in total. The molecule has 2 rings (SSSR count). The Bertz CT molecular complexity index is 203. The van der Waals surface area contributed by atoms with Gasteiger partial charge in [-0.05, 0) is 71.0 Å². The van der Waals surface area contributed by atoms with Crippen LogP contribution in [0.15, 0.2) is 0 Å². The molecule has 0 radical (unpaired) electrons. The summed E-state index contributed by atoms with van der Waals surface area (Å²) in [7, 11) is 0. The van der Waals surface area contributed by atoms with E-state index in [-0.39, 0.29) is 0 Å². The summed E-state index contributed by atoms with van der Waals surface area (Å²) in [6.45, 7) is 6.16. The highest BCUT2D eigenvalue weighted by Gasteiger charge is 2.25. The Balaban J connectivity index is 1.55. The molecule has 0 spiro atoms. The van der Waals surface area contributed by atoms with E-state index in [9.17, 15) is 0 Å². The molecular weight excluding hydrogens is 208 g/mol. The van der Waals surface area contributed by atoms with Crippen molar-refractivity contribution in [2.75, 3.05) is 19.6 Å². The van der Waals surface area contributed by atoms with E-state index in [0.29, 0.717) is 5.54 Å². The van der Waals surface area contributed by atoms with Gasteiger partial charge < -0.3 is 10.6 Å². The SMILES string of the molecule is CC1(NCCCC2CCNCC2)CCCCC1. The Labute approximate surface area is 107 Å². The van der Waals surface area contributed by atoms with E-state index in [1.807, 2.05) is 0 Å². The van der Waals surface area contributed by atoms with Gasteiger partial charge in [-0.25, -0.2) is 0 Å². The van der Waals surface area contributed by atoms with E-state index in [1.54, 1.807) is 0 Å². The maximum Gasteiger partial charge on any atom is 0.0153 e. The Morgan fingerprint density at radius 1 is 1.12 bits per heavy atom. The molecule has 1 heterocycles. The second-order valence-corrected chi connectivity index (χ2v) is 6.38. The summed E-state index contributed by atoms with van der Waals surface area (Å²) < 4.78 is 0. The Hall–Kier alpha value is -0.0800. The maximum absolute atomic E-state index is 3.82. The first-order valence-electron chi connectivity index (χ1n) is 7.74. The summed E-state index contributed by atoms with van der Waals surface area (Å²) >= 11 is 0. The molecule has 1 saturated carbocycles. The fourth-order valence-corrected chi connectivity index (χ4v) is 3.46. The number of piperidine rings is 1. The third kappa shape index (κ3) is 4.59. The molecule has 1 aliphatic heterocycles. The van der Waals surface area contributed by atoms with Crippen molar-refractivity contribution in [3.63, 3.8) is 0 Å². The predicted octanol–water partition coefficient (Wildman–Crippen LogP) is 3.08. The molecule has 2 nitrogen and oxygen atoms in total. The van der Waals surface area contributed by atoms with Crippen LogP contribution in [0.4, 0.5) is 0 Å². The first-order chi connectivity index (χ1) is 8.29. The molecule has 2 fully saturated rings. The van der Waals surface area contributed by atoms with E-state index in [2.05, 4.69) is 17.6 Å². The van der Waals surface area contributed by atoms with Gasteiger partial charge >= 0.3 is 0 Å². The monoisotopic (exact) mass is 238 g/mol. The van der Waals surface area contributed by atoms with E-state index in [1.165, 1.54) is 77.4 Å². The van der Waals surface area contributed by atoms with Gasteiger partial charge in [0.1, 0.15) is 0 Å². The summed E-state index contributed by atoms with van der Waals surface area (Å²) in [5.41, 5.74) is 0.465. The summed E-state index contributed by atoms with van der Waals surface area (Å²) in [4.78, 5) is 0. The molecule has 0 aromatic carbocycles. The van der Waals surface area contributed by atoms with Crippen molar-refractivity contribution in [1.29, 1.82) is 0 Å². The van der Waals surface area contributed by atoms with Crippen LogP contribution < -0.4 is 10.6 Å². The van der Waals surface area contributed by atoms with Crippen molar-refractivity contribution in [2.45, 2.75) is 70.3 Å². The molecule has 1 saturated heterocycles. The molecule has 17 heavy (non-hydrogen) atoms. The average molecular weight is 238 g/mol. The summed E-state index contributed by atoms with van der Waals surface area (Å²) in [5, 5.41) is 7.27. The van der Waals surface area contributed by atoms with Crippen LogP contribution in [-0.2, 0) is 0 Å². The number of hydrogen-bond donors (Lipinski definition) is 2. The Morgan fingerprint density at radius 3 is 2.53 bits per heavy atom. The fraction of sp³-hybridized carbons (Fsp3) is 1.00. The molecule has 0 unspecified atom stereocenters. The number of hydrogen-bond acceptors (Lipinski definition) is 2. The van der Waals surface area contributed by atoms with Crippen LogP contribution in [-0.4, -0.2) is 25.2 Å². The zero-order chi connectivity index (χ0) is 12.0. The fourth-order valence-electron chi connectivity index (χ4n) is 3.46. The molecule has 1 aliphatic carbocycles. The lowest BCUT2D eigenvalue weighted by Gasteiger charge is -2.35. The minimum Gasteiger partial charge on any atom is -0.317 e. The van der Waals surface area contributed by atoms with Crippen molar-refractivity contribution < 1.29 is 0 Å². The van der Waals surface area contributed by atoms with Crippen molar-refractivity contribution in [2.24, 2.45) is 5.92 Å². The van der Waals surface area contributed by atoms with Crippen LogP contribution in [0.1, 0.15) is 64.7 Å². The predicted molar refractivity (Wildman–Crippen MR) is 74.3 cm³/mol. The van der Waals surface area contributed by atoms with Crippen LogP contribution >= 0.6 is 0 Å². The van der Waals surface area contributed by atoms with E-state index < -0.39 is 0 Å². The smallest absolute Gasteiger partial charge is 0.0153 e. The topological polar surface area (TPSA) is 24.1 Å². The first kappa shape index (κ1) is 13.4. The van der Waals surface area contributed by atoms with Crippen LogP contribution in [0.3, 0.4) is 0 Å². The van der Waals surface area contributed by atoms with Crippen molar-refractivity contribution in [3.8, 4) is 0 Å². The summed E-state index contributed by atoms with van der Waals surface area (Å²) in [5.74, 6) is 0.997. The molecule has 0 bridgehead atoms. The molecule has 2 aliphatic rings. The Morgan fingerprint density at radius 2 is 1.82 bits per heavy atom. The van der Waals surface area contributed by atoms with Gasteiger partial charge in [-0.3, -0.25) is 0 Å². The minimum atomic E-state index is 0.465. The zero-order valence-corrected chi connectivity index (χ0v) is 11.6. The molecule has 0 atom stereocenters. The molecule has 2 heteroatoms. The van der Waals surface area contributed by atoms with E-state index in [4.69, 9.17) is 0 Å². The maximum atomic E-state index is 3.82. The third-order valence-corrected chi connectivity index (χ3v) is 4.76. The lowest BCUT2D eigenvalue weighted by Crippen LogP contribution is -2.44. The van der Waals surface area contributed by atoms with E-state index >= 15 is 0 Å². The summed E-state index contributed by atoms with van der Waals surface area (Å²) in [6.07, 6.45) is 12.7. The van der Waals surface area contributed by atoms with Crippen LogP contribution in [0.5, 0.6) is 0 Å². The van der Waals surface area contributed by atoms with Gasteiger partial charge in [-0.2, -0.15) is 0 Å². The van der Waals surface area contributed by atoms with Gasteiger partial charge in [0.15, 0.2) is 0 Å². The van der Waals surface area contributed by atoms with Crippen LogP contribution in [0.25, 0.3) is 0 Å². The highest BCUT2D eigenvalue weighted by atomic mass is 15.0. The number of nitrogens with one attached hydrogen (secondary N) is 2. The molecular formula is C15H30N2. The molecule has 0 aromatic heterocycles. The third-order valence-electron chi connectivity index (χ3n) is 4.76. The van der Waals surface area contributed by atoms with Crippen LogP contribution in [0, 0.1) is 5.92 Å². The average Bonchev–Trinajstić information content (AvgIpc) is 2.37. The van der Waals surface area contributed by atoms with Crippen LogP contribution in [0.2, 0.25) is 0 Å². The molecule has 0 amide bonds. The van der Waals surface area contributed by atoms with Gasteiger partial charge in [0.2, 0.25) is 0 Å². The normalized spacial score (nSPS) is 25.9. The lowest BCUT2D eigenvalue weighted by molar-refractivity contribution is 0.248. The van der Waals surface area contributed by atoms with Gasteiger partial charge in [-0.15, -0.1) is 0 Å². The Kier molecular flexibility index (Phi) is 5.30. The highest BCUT2D eigenvalue weighted by Crippen LogP contribution is 2.27. The molecule has 0 aromatic rings. The summed E-state index contributed by atoms with van der Waals surface area (Å²) in [6, 6.07) is 0. The van der Waals surface area contributed by atoms with E-state index in [0.717, 1.165) is 5.92 Å². The van der Waals surface area contributed by atoms with Crippen molar-refractivity contribution >= 4 is 0 Å². The minimum absolute atomic E-state index is 0.465. The largest absolute Gasteiger partial charge is 0.317 e. The van der Waals surface area contributed by atoms with Crippen molar-refractivity contribution in [3.05, 3.63) is 0 Å². The standard InChI is InChI=1S/C15H30N2/c1-15(9-3-2-4-10-15)17-11-5-6-14-7-12-16-13-8-14/h14,16-17H,2-13H2,1H3. The highest BCUT2D eigenvalue weighted by molar-refractivity contribution is 4.86. The second-order valence-electron chi connectivity index (χ2n) is 6.38. The number of rotatable bonds is 5. The lowest BCUT2D eigenvalue weighted by atomic mass is 9.83. The first-order valence-corrected chi connectivity index (χ1v) is 7.74. The van der Waals surface area contributed by atoms with Gasteiger partial charge in [0.25, 0.3) is 0 Å². The van der Waals surface area contributed by atoms with Crippen molar-refractivity contribution in [1.82, 2.24) is 10.6 Å². The van der Waals surface area contributed by atoms with Gasteiger partial charge in [0, 0.05) is 5.54 Å². The quantitative estimate of drug-likeness (QED) is 0.719. The van der Waals surface area contributed by atoms with Gasteiger partial charge in [0.05, 0.1) is 0 Å². The molecule has 100 valence electrons.